The maximum Gasteiger partial charge on any atom is 0.217 e. The molecule has 1 saturated carbocycles. The summed E-state index contributed by atoms with van der Waals surface area (Å²) in [6.45, 7) is 2.67. The van der Waals surface area contributed by atoms with Crippen molar-refractivity contribution in [2.75, 3.05) is 20.3 Å². The average Bonchev–Trinajstić information content (AvgIpc) is 2.51. The molecule has 1 amide bonds. The molecule has 0 aromatic carbocycles. The fourth-order valence-corrected chi connectivity index (χ4v) is 2.88. The number of hydrogen-bond donors (Lipinski definition) is 6. The van der Waals surface area contributed by atoms with Crippen molar-refractivity contribution in [3.63, 3.8) is 0 Å². The normalized spacial score (nSPS) is 34.4. The van der Waals surface area contributed by atoms with Crippen LogP contribution in [-0.2, 0) is 14.3 Å². The summed E-state index contributed by atoms with van der Waals surface area (Å²) in [5.41, 5.74) is 0. The number of rotatable bonds is 8. The highest BCUT2D eigenvalue weighted by atomic mass is 16.5. The van der Waals surface area contributed by atoms with Crippen molar-refractivity contribution in [1.82, 2.24) is 5.32 Å². The van der Waals surface area contributed by atoms with E-state index in [4.69, 9.17) is 9.47 Å². The molecule has 0 heterocycles. The van der Waals surface area contributed by atoms with Gasteiger partial charge in [-0.1, -0.05) is 0 Å². The largest absolute Gasteiger partial charge is 0.391 e. The quantitative estimate of drug-likeness (QED) is 0.278. The van der Waals surface area contributed by atoms with Crippen molar-refractivity contribution < 1.29 is 39.8 Å². The zero-order valence-electron chi connectivity index (χ0n) is 14.2. The number of carbonyl (C=O) groups is 1. The van der Waals surface area contributed by atoms with Gasteiger partial charge in [0.2, 0.25) is 5.91 Å². The smallest absolute Gasteiger partial charge is 0.217 e. The molecule has 0 spiro atoms. The molecule has 9 nitrogen and oxygen atoms in total. The Morgan fingerprint density at radius 3 is 2.33 bits per heavy atom. The molecule has 1 rings (SSSR count). The van der Waals surface area contributed by atoms with Gasteiger partial charge in [0.25, 0.3) is 0 Å². The van der Waals surface area contributed by atoms with Gasteiger partial charge in [0.1, 0.15) is 18.3 Å². The molecule has 6 N–H and O–H groups in total. The highest BCUT2D eigenvalue weighted by Gasteiger charge is 2.43. The van der Waals surface area contributed by atoms with Crippen LogP contribution in [0.15, 0.2) is 0 Å². The number of amides is 1. The van der Waals surface area contributed by atoms with Crippen LogP contribution in [-0.4, -0.2) is 94.4 Å². The van der Waals surface area contributed by atoms with Crippen LogP contribution >= 0.6 is 0 Å². The number of ether oxygens (including phenoxy) is 2. The molecule has 0 saturated heterocycles. The second kappa shape index (κ2) is 9.62. The third-order valence-electron chi connectivity index (χ3n) is 4.26. The summed E-state index contributed by atoms with van der Waals surface area (Å²) in [6.07, 6.45) is -6.73. The molecule has 0 aromatic rings. The molecule has 8 unspecified atom stereocenters. The topological polar surface area (TPSA) is 149 Å². The Kier molecular flexibility index (Phi) is 8.51. The monoisotopic (exact) mass is 351 g/mol. The zero-order chi connectivity index (χ0) is 18.4. The van der Waals surface area contributed by atoms with Gasteiger partial charge in [-0.2, -0.15) is 0 Å². The lowest BCUT2D eigenvalue weighted by atomic mass is 9.81. The number of hydrogen-bond acceptors (Lipinski definition) is 8. The summed E-state index contributed by atoms with van der Waals surface area (Å²) in [7, 11) is 1.46. The fraction of sp³-hybridized carbons (Fsp3) is 0.933. The minimum absolute atomic E-state index is 0.171. The van der Waals surface area contributed by atoms with E-state index < -0.39 is 54.5 Å². The van der Waals surface area contributed by atoms with Gasteiger partial charge in [-0.3, -0.25) is 4.79 Å². The Morgan fingerprint density at radius 1 is 1.21 bits per heavy atom. The molecular weight excluding hydrogens is 322 g/mol. The van der Waals surface area contributed by atoms with Gasteiger partial charge in [-0.05, 0) is 13.3 Å². The van der Waals surface area contributed by atoms with E-state index in [-0.39, 0.29) is 19.6 Å². The molecule has 9 heteroatoms. The van der Waals surface area contributed by atoms with Crippen molar-refractivity contribution in [3.05, 3.63) is 0 Å². The lowest BCUT2D eigenvalue weighted by molar-refractivity contribution is -0.183. The van der Waals surface area contributed by atoms with Gasteiger partial charge in [0, 0.05) is 20.0 Å². The molecular formula is C15H29NO8. The minimum Gasteiger partial charge on any atom is -0.391 e. The standard InChI is InChI=1S/C15H29NO8/c1-7(17)12(19)10(16-8(2)18)6-24-11-4-9(5-23-3)13(20)15(22)14(11)21/h7,9-15,17,19-22H,4-6H2,1-3H3,(H,16,18). The first-order valence-corrected chi connectivity index (χ1v) is 7.97. The number of nitrogens with one attached hydrogen (secondary N) is 1. The van der Waals surface area contributed by atoms with Crippen molar-refractivity contribution in [1.29, 1.82) is 0 Å². The lowest BCUT2D eigenvalue weighted by Crippen LogP contribution is -2.57. The van der Waals surface area contributed by atoms with Crippen LogP contribution in [0.1, 0.15) is 20.3 Å². The van der Waals surface area contributed by atoms with E-state index in [1.54, 1.807) is 0 Å². The molecule has 0 aromatic heterocycles. The van der Waals surface area contributed by atoms with Gasteiger partial charge in [-0.25, -0.2) is 0 Å². The lowest BCUT2D eigenvalue weighted by Gasteiger charge is -2.40. The molecule has 8 atom stereocenters. The van der Waals surface area contributed by atoms with Crippen molar-refractivity contribution in [2.24, 2.45) is 5.92 Å². The van der Waals surface area contributed by atoms with Crippen molar-refractivity contribution in [2.45, 2.75) is 62.9 Å². The van der Waals surface area contributed by atoms with E-state index in [1.165, 1.54) is 21.0 Å². The summed E-state index contributed by atoms with van der Waals surface area (Å²) in [5.74, 6) is -0.820. The maximum atomic E-state index is 11.2. The van der Waals surface area contributed by atoms with Crippen LogP contribution < -0.4 is 5.32 Å². The Hall–Kier alpha value is -0.810. The number of carbonyl (C=O) groups excluding carboxylic acids is 1. The minimum atomic E-state index is -1.38. The highest BCUT2D eigenvalue weighted by Crippen LogP contribution is 2.28. The summed E-state index contributed by atoms with van der Waals surface area (Å²) in [5, 5.41) is 51.8. The molecule has 1 aliphatic carbocycles. The second-order valence-electron chi connectivity index (χ2n) is 6.33. The number of aliphatic hydroxyl groups excluding tert-OH is 5. The van der Waals surface area contributed by atoms with Gasteiger partial charge in [0.15, 0.2) is 0 Å². The van der Waals surface area contributed by atoms with Crippen molar-refractivity contribution >= 4 is 5.91 Å². The first-order chi connectivity index (χ1) is 11.2. The van der Waals surface area contributed by atoms with E-state index in [9.17, 15) is 30.3 Å². The Balaban J connectivity index is 2.71. The molecule has 142 valence electrons. The number of aliphatic hydroxyl groups is 5. The van der Waals surface area contributed by atoms with Crippen LogP contribution in [0.25, 0.3) is 0 Å². The Morgan fingerprint density at radius 2 is 1.83 bits per heavy atom. The van der Waals surface area contributed by atoms with Gasteiger partial charge in [0.05, 0.1) is 37.6 Å². The first-order valence-electron chi connectivity index (χ1n) is 7.97. The second-order valence-corrected chi connectivity index (χ2v) is 6.33. The summed E-state index contributed by atoms with van der Waals surface area (Å²) in [4.78, 5) is 11.2. The van der Waals surface area contributed by atoms with E-state index in [1.807, 2.05) is 0 Å². The molecule has 24 heavy (non-hydrogen) atoms. The van der Waals surface area contributed by atoms with Crippen molar-refractivity contribution in [3.8, 4) is 0 Å². The Labute approximate surface area is 141 Å². The molecule has 0 radical (unpaired) electrons. The SMILES string of the molecule is COCC1CC(OCC(NC(C)=O)C(O)C(C)O)C(O)C(O)C1O. The van der Waals surface area contributed by atoms with Crippen LogP contribution in [0.3, 0.4) is 0 Å². The molecule has 0 aliphatic heterocycles. The van der Waals surface area contributed by atoms with Gasteiger partial charge in [-0.15, -0.1) is 0 Å². The number of methoxy groups -OCH3 is 1. The first kappa shape index (κ1) is 21.2. The van der Waals surface area contributed by atoms with E-state index in [0.29, 0.717) is 0 Å². The predicted molar refractivity (Wildman–Crippen MR) is 83.0 cm³/mol. The third-order valence-corrected chi connectivity index (χ3v) is 4.26. The third kappa shape index (κ3) is 5.62. The predicted octanol–water partition coefficient (Wildman–Crippen LogP) is -2.63. The van der Waals surface area contributed by atoms with Crippen LogP contribution in [0, 0.1) is 5.92 Å². The van der Waals surface area contributed by atoms with Crippen LogP contribution in [0.4, 0.5) is 0 Å². The summed E-state index contributed by atoms with van der Waals surface area (Å²) < 4.78 is 10.6. The Bertz CT molecular complexity index is 394. The summed E-state index contributed by atoms with van der Waals surface area (Å²) in [6, 6.07) is -0.875. The molecule has 1 fully saturated rings. The van der Waals surface area contributed by atoms with Crippen LogP contribution in [0.2, 0.25) is 0 Å². The summed E-state index contributed by atoms with van der Waals surface area (Å²) >= 11 is 0. The average molecular weight is 351 g/mol. The highest BCUT2D eigenvalue weighted by molar-refractivity contribution is 5.73. The van der Waals surface area contributed by atoms with E-state index in [0.717, 1.165) is 0 Å². The molecule has 1 aliphatic rings. The van der Waals surface area contributed by atoms with Gasteiger partial charge < -0.3 is 40.3 Å². The van der Waals surface area contributed by atoms with E-state index >= 15 is 0 Å². The van der Waals surface area contributed by atoms with Gasteiger partial charge >= 0.3 is 0 Å². The maximum absolute atomic E-state index is 11.2. The van der Waals surface area contributed by atoms with E-state index in [2.05, 4.69) is 5.32 Å². The fourth-order valence-electron chi connectivity index (χ4n) is 2.88. The molecule has 0 bridgehead atoms. The van der Waals surface area contributed by atoms with Crippen LogP contribution in [0.5, 0.6) is 0 Å². The zero-order valence-corrected chi connectivity index (χ0v) is 14.2.